The SMILES string of the molecule is CCn1c(COc2ccc(Cl)cc2Cl)nnc1SCc1ccc(C)cc1. The van der Waals surface area contributed by atoms with Crippen LogP contribution in [0, 0.1) is 6.92 Å². The Morgan fingerprint density at radius 2 is 1.85 bits per heavy atom. The molecular formula is C19H19Cl2N3OS. The molecule has 0 fully saturated rings. The van der Waals surface area contributed by atoms with Crippen LogP contribution >= 0.6 is 35.0 Å². The Kier molecular flexibility index (Phi) is 6.46. The van der Waals surface area contributed by atoms with Crippen molar-refractivity contribution in [1.82, 2.24) is 14.8 Å². The van der Waals surface area contributed by atoms with Gasteiger partial charge in [-0.3, -0.25) is 0 Å². The van der Waals surface area contributed by atoms with Crippen LogP contribution in [0.25, 0.3) is 0 Å². The highest BCUT2D eigenvalue weighted by molar-refractivity contribution is 7.98. The summed E-state index contributed by atoms with van der Waals surface area (Å²) < 4.78 is 7.84. The van der Waals surface area contributed by atoms with Crippen molar-refractivity contribution in [1.29, 1.82) is 0 Å². The molecule has 0 radical (unpaired) electrons. The van der Waals surface area contributed by atoms with Gasteiger partial charge in [-0.1, -0.05) is 64.8 Å². The normalized spacial score (nSPS) is 10.9. The molecule has 0 saturated heterocycles. The number of halogens is 2. The maximum absolute atomic E-state index is 6.15. The first-order chi connectivity index (χ1) is 12.6. The number of aromatic nitrogens is 3. The fourth-order valence-corrected chi connectivity index (χ4v) is 3.86. The minimum absolute atomic E-state index is 0.299. The Balaban J connectivity index is 1.66. The lowest BCUT2D eigenvalue weighted by molar-refractivity contribution is 0.288. The second kappa shape index (κ2) is 8.80. The highest BCUT2D eigenvalue weighted by Gasteiger charge is 2.13. The maximum atomic E-state index is 6.15. The molecule has 7 heteroatoms. The predicted octanol–water partition coefficient (Wildman–Crippen LogP) is 5.78. The molecule has 0 atom stereocenters. The van der Waals surface area contributed by atoms with E-state index in [0.29, 0.717) is 22.4 Å². The van der Waals surface area contributed by atoms with E-state index >= 15 is 0 Å². The van der Waals surface area contributed by atoms with E-state index in [1.807, 2.05) is 0 Å². The highest BCUT2D eigenvalue weighted by atomic mass is 35.5. The van der Waals surface area contributed by atoms with Crippen molar-refractivity contribution in [2.24, 2.45) is 0 Å². The summed E-state index contributed by atoms with van der Waals surface area (Å²) in [6.45, 7) is 5.23. The Hall–Kier alpha value is -1.69. The van der Waals surface area contributed by atoms with E-state index in [0.717, 1.165) is 23.3 Å². The zero-order valence-corrected chi connectivity index (χ0v) is 16.9. The molecular weight excluding hydrogens is 389 g/mol. The van der Waals surface area contributed by atoms with E-state index in [1.165, 1.54) is 11.1 Å². The molecule has 0 amide bonds. The summed E-state index contributed by atoms with van der Waals surface area (Å²) in [5, 5.41) is 10.5. The smallest absolute Gasteiger partial charge is 0.191 e. The molecule has 0 unspecified atom stereocenters. The van der Waals surface area contributed by atoms with E-state index in [9.17, 15) is 0 Å². The predicted molar refractivity (Wildman–Crippen MR) is 107 cm³/mol. The molecule has 0 aliphatic carbocycles. The van der Waals surface area contributed by atoms with Crippen molar-refractivity contribution in [3.8, 4) is 5.75 Å². The van der Waals surface area contributed by atoms with E-state index in [2.05, 4.69) is 52.9 Å². The molecule has 4 nitrogen and oxygen atoms in total. The van der Waals surface area contributed by atoms with Crippen molar-refractivity contribution in [2.45, 2.75) is 37.9 Å². The van der Waals surface area contributed by atoms with Gasteiger partial charge in [0.1, 0.15) is 12.4 Å². The number of thioether (sulfide) groups is 1. The fraction of sp³-hybridized carbons (Fsp3) is 0.263. The number of hydrogen-bond acceptors (Lipinski definition) is 4. The van der Waals surface area contributed by atoms with Crippen molar-refractivity contribution in [3.05, 3.63) is 69.5 Å². The quantitative estimate of drug-likeness (QED) is 0.465. The molecule has 26 heavy (non-hydrogen) atoms. The Morgan fingerprint density at radius 3 is 2.54 bits per heavy atom. The summed E-state index contributed by atoms with van der Waals surface area (Å²) in [7, 11) is 0. The van der Waals surface area contributed by atoms with Gasteiger partial charge in [0.2, 0.25) is 0 Å². The van der Waals surface area contributed by atoms with Crippen LogP contribution < -0.4 is 4.74 Å². The van der Waals surface area contributed by atoms with Crippen LogP contribution in [0.3, 0.4) is 0 Å². The lowest BCUT2D eigenvalue weighted by atomic mass is 10.2. The minimum atomic E-state index is 0.299. The summed E-state index contributed by atoms with van der Waals surface area (Å²) in [6.07, 6.45) is 0. The first kappa shape index (κ1) is 19.1. The molecule has 0 aliphatic rings. The summed E-state index contributed by atoms with van der Waals surface area (Å²) >= 11 is 13.7. The van der Waals surface area contributed by atoms with Crippen LogP contribution in [0.2, 0.25) is 10.0 Å². The third-order valence-electron chi connectivity index (χ3n) is 3.85. The number of benzene rings is 2. The van der Waals surface area contributed by atoms with Gasteiger partial charge in [0.05, 0.1) is 5.02 Å². The molecule has 0 bridgehead atoms. The first-order valence-corrected chi connectivity index (χ1v) is 9.99. The van der Waals surface area contributed by atoms with Gasteiger partial charge in [-0.25, -0.2) is 0 Å². The fourth-order valence-electron chi connectivity index (χ4n) is 2.42. The highest BCUT2D eigenvalue weighted by Crippen LogP contribution is 2.28. The average Bonchev–Trinajstić information content (AvgIpc) is 3.02. The zero-order valence-electron chi connectivity index (χ0n) is 14.6. The van der Waals surface area contributed by atoms with Crippen molar-refractivity contribution in [3.63, 3.8) is 0 Å². The number of aryl methyl sites for hydroxylation is 1. The van der Waals surface area contributed by atoms with Gasteiger partial charge in [-0.05, 0) is 37.6 Å². The van der Waals surface area contributed by atoms with Gasteiger partial charge in [0.15, 0.2) is 11.0 Å². The molecule has 0 spiro atoms. The summed E-state index contributed by atoms with van der Waals surface area (Å²) in [5.74, 6) is 2.20. The average molecular weight is 408 g/mol. The third kappa shape index (κ3) is 4.72. The number of ether oxygens (including phenoxy) is 1. The third-order valence-corrected chi connectivity index (χ3v) is 5.42. The van der Waals surface area contributed by atoms with Crippen LogP contribution in [0.4, 0.5) is 0 Å². The minimum Gasteiger partial charge on any atom is -0.484 e. The van der Waals surface area contributed by atoms with Gasteiger partial charge in [0, 0.05) is 17.3 Å². The van der Waals surface area contributed by atoms with Crippen molar-refractivity contribution < 1.29 is 4.74 Å². The molecule has 0 aliphatic heterocycles. The van der Waals surface area contributed by atoms with E-state index < -0.39 is 0 Å². The molecule has 0 N–H and O–H groups in total. The second-order valence-corrected chi connectivity index (χ2v) is 7.57. The number of hydrogen-bond donors (Lipinski definition) is 0. The largest absolute Gasteiger partial charge is 0.484 e. The van der Waals surface area contributed by atoms with Gasteiger partial charge < -0.3 is 9.30 Å². The van der Waals surface area contributed by atoms with Crippen molar-refractivity contribution in [2.75, 3.05) is 0 Å². The molecule has 3 aromatic rings. The Morgan fingerprint density at radius 1 is 1.08 bits per heavy atom. The summed E-state index contributed by atoms with van der Waals surface area (Å²) in [4.78, 5) is 0. The summed E-state index contributed by atoms with van der Waals surface area (Å²) in [6, 6.07) is 13.7. The van der Waals surface area contributed by atoms with Gasteiger partial charge >= 0.3 is 0 Å². The van der Waals surface area contributed by atoms with Gasteiger partial charge in [-0.15, -0.1) is 10.2 Å². The number of rotatable bonds is 7. The van der Waals surface area contributed by atoms with E-state index in [-0.39, 0.29) is 0 Å². The monoisotopic (exact) mass is 407 g/mol. The second-order valence-electron chi connectivity index (χ2n) is 5.78. The molecule has 1 aromatic heterocycles. The maximum Gasteiger partial charge on any atom is 0.191 e. The number of nitrogens with zero attached hydrogens (tertiary/aromatic N) is 3. The molecule has 3 rings (SSSR count). The molecule has 0 saturated carbocycles. The van der Waals surface area contributed by atoms with Crippen LogP contribution in [-0.2, 0) is 18.9 Å². The molecule has 1 heterocycles. The van der Waals surface area contributed by atoms with Gasteiger partial charge in [0.25, 0.3) is 0 Å². The first-order valence-electron chi connectivity index (χ1n) is 8.25. The van der Waals surface area contributed by atoms with E-state index in [4.69, 9.17) is 27.9 Å². The lowest BCUT2D eigenvalue weighted by Crippen LogP contribution is -2.07. The van der Waals surface area contributed by atoms with Crippen LogP contribution in [0.15, 0.2) is 47.6 Å². The topological polar surface area (TPSA) is 39.9 Å². The standard InChI is InChI=1S/C19H19Cl2N3OS/c1-3-24-18(11-25-17-9-8-15(20)10-16(17)21)22-23-19(24)26-12-14-6-4-13(2)5-7-14/h4-10H,3,11-12H2,1-2H3. The molecule has 2 aromatic carbocycles. The van der Waals surface area contributed by atoms with Gasteiger partial charge in [-0.2, -0.15) is 0 Å². The van der Waals surface area contributed by atoms with Crippen LogP contribution in [-0.4, -0.2) is 14.8 Å². The summed E-state index contributed by atoms with van der Waals surface area (Å²) in [5.41, 5.74) is 2.52. The Labute approximate surface area is 167 Å². The lowest BCUT2D eigenvalue weighted by Gasteiger charge is -2.10. The van der Waals surface area contributed by atoms with Crippen LogP contribution in [0.1, 0.15) is 23.9 Å². The Bertz CT molecular complexity index is 881. The van der Waals surface area contributed by atoms with E-state index in [1.54, 1.807) is 30.0 Å². The van der Waals surface area contributed by atoms with Crippen LogP contribution in [0.5, 0.6) is 5.75 Å². The molecule has 136 valence electrons. The van der Waals surface area contributed by atoms with Crippen molar-refractivity contribution >= 4 is 35.0 Å². The zero-order chi connectivity index (χ0) is 18.5.